The van der Waals surface area contributed by atoms with Crippen molar-refractivity contribution in [3.8, 4) is 0 Å². The summed E-state index contributed by atoms with van der Waals surface area (Å²) in [7, 11) is 0. The molecular weight excluding hydrogens is 328 g/mol. The first-order chi connectivity index (χ1) is 12.6. The van der Waals surface area contributed by atoms with Crippen LogP contribution in [0.5, 0.6) is 0 Å². The second-order valence-electron chi connectivity index (χ2n) is 7.77. The Morgan fingerprint density at radius 2 is 2.04 bits per heavy atom. The highest BCUT2D eigenvalue weighted by molar-refractivity contribution is 5.69. The fourth-order valence-corrected chi connectivity index (χ4v) is 4.15. The molecule has 0 amide bonds. The fraction of sp³-hybridized carbons (Fsp3) is 0.750. The van der Waals surface area contributed by atoms with Crippen molar-refractivity contribution in [2.45, 2.75) is 96.1 Å². The molecule has 1 fully saturated rings. The summed E-state index contributed by atoms with van der Waals surface area (Å²) < 4.78 is 1.92. The smallest absolute Gasteiger partial charge is 0.279 e. The van der Waals surface area contributed by atoms with E-state index in [1.165, 1.54) is 32.1 Å². The molecule has 0 aromatic carbocycles. The molecule has 2 unspecified atom stereocenters. The van der Waals surface area contributed by atoms with E-state index in [0.717, 1.165) is 37.9 Å². The van der Waals surface area contributed by atoms with Crippen LogP contribution in [0.1, 0.15) is 95.8 Å². The first-order valence-electron chi connectivity index (χ1n) is 10.3. The number of unbranched alkanes of at least 4 members (excludes halogenated alkanes) is 3. The van der Waals surface area contributed by atoms with Crippen molar-refractivity contribution in [2.75, 3.05) is 0 Å². The molecule has 144 valence electrons. The third-order valence-corrected chi connectivity index (χ3v) is 5.71. The molecular formula is C20H32N4O2. The zero-order valence-electron chi connectivity index (χ0n) is 16.1. The summed E-state index contributed by atoms with van der Waals surface area (Å²) >= 11 is 0. The molecule has 0 saturated heterocycles. The number of fused-ring (bicyclic) bond motifs is 1. The van der Waals surface area contributed by atoms with Crippen LogP contribution in [0.25, 0.3) is 11.2 Å². The van der Waals surface area contributed by atoms with Gasteiger partial charge in [0.1, 0.15) is 5.82 Å². The van der Waals surface area contributed by atoms with E-state index in [-0.39, 0.29) is 11.6 Å². The molecule has 0 spiro atoms. The lowest BCUT2D eigenvalue weighted by Gasteiger charge is -2.23. The Labute approximate surface area is 155 Å². The fourth-order valence-electron chi connectivity index (χ4n) is 4.15. The van der Waals surface area contributed by atoms with Gasteiger partial charge in [-0.2, -0.15) is 0 Å². The van der Waals surface area contributed by atoms with E-state index in [4.69, 9.17) is 4.98 Å². The van der Waals surface area contributed by atoms with Gasteiger partial charge in [-0.15, -0.1) is 0 Å². The van der Waals surface area contributed by atoms with Crippen LogP contribution in [0.4, 0.5) is 0 Å². The quantitative estimate of drug-likeness (QED) is 0.695. The molecule has 1 aliphatic carbocycles. The van der Waals surface area contributed by atoms with Crippen LogP contribution < -0.4 is 5.56 Å². The zero-order chi connectivity index (χ0) is 18.5. The normalized spacial score (nSPS) is 18.3. The molecule has 1 aliphatic rings. The van der Waals surface area contributed by atoms with E-state index in [0.29, 0.717) is 17.1 Å². The van der Waals surface area contributed by atoms with Crippen molar-refractivity contribution in [1.29, 1.82) is 0 Å². The standard InChI is InChI=1S/C20H32N4O2/c1-3-4-5-9-12-16(14(2)25)24-13-21-17-19(24)22-18(23-20(17)26)15-10-7-6-8-11-15/h13-16,25H,3-12H2,1-2H3,(H,22,23,26). The highest BCUT2D eigenvalue weighted by Crippen LogP contribution is 2.31. The second kappa shape index (κ2) is 8.80. The minimum atomic E-state index is -0.506. The van der Waals surface area contributed by atoms with Crippen molar-refractivity contribution in [3.05, 3.63) is 22.5 Å². The lowest BCUT2D eigenvalue weighted by atomic mass is 9.89. The minimum Gasteiger partial charge on any atom is -0.391 e. The maximum Gasteiger partial charge on any atom is 0.279 e. The van der Waals surface area contributed by atoms with Crippen LogP contribution in [-0.2, 0) is 0 Å². The van der Waals surface area contributed by atoms with Gasteiger partial charge in [-0.25, -0.2) is 9.97 Å². The molecule has 0 radical (unpaired) electrons. The van der Waals surface area contributed by atoms with E-state index in [9.17, 15) is 9.90 Å². The maximum atomic E-state index is 12.5. The number of hydrogen-bond acceptors (Lipinski definition) is 4. The van der Waals surface area contributed by atoms with E-state index >= 15 is 0 Å². The van der Waals surface area contributed by atoms with Gasteiger partial charge in [-0.3, -0.25) is 4.79 Å². The summed E-state index contributed by atoms with van der Waals surface area (Å²) in [6.45, 7) is 4.00. The Balaban J connectivity index is 1.91. The number of rotatable bonds is 8. The Morgan fingerprint density at radius 3 is 2.73 bits per heavy atom. The Bertz CT molecular complexity index is 759. The molecule has 2 aromatic rings. The lowest BCUT2D eigenvalue weighted by molar-refractivity contribution is 0.124. The van der Waals surface area contributed by atoms with Crippen LogP contribution in [0.3, 0.4) is 0 Å². The number of aliphatic hydroxyl groups excluding tert-OH is 1. The number of nitrogens with one attached hydrogen (secondary N) is 1. The Morgan fingerprint density at radius 1 is 1.27 bits per heavy atom. The van der Waals surface area contributed by atoms with Gasteiger partial charge >= 0.3 is 0 Å². The molecule has 6 nitrogen and oxygen atoms in total. The Kier molecular flexibility index (Phi) is 6.46. The number of aromatic nitrogens is 4. The largest absolute Gasteiger partial charge is 0.391 e. The average Bonchev–Trinajstić information content (AvgIpc) is 3.06. The number of hydrogen-bond donors (Lipinski definition) is 2. The molecule has 2 aromatic heterocycles. The summed E-state index contributed by atoms with van der Waals surface area (Å²) in [5, 5.41) is 10.3. The van der Waals surface area contributed by atoms with Gasteiger partial charge in [0, 0.05) is 5.92 Å². The van der Waals surface area contributed by atoms with E-state index in [2.05, 4.69) is 16.9 Å². The third-order valence-electron chi connectivity index (χ3n) is 5.71. The van der Waals surface area contributed by atoms with E-state index < -0.39 is 6.10 Å². The molecule has 2 heterocycles. The minimum absolute atomic E-state index is 0.0923. The molecule has 3 rings (SSSR count). The maximum absolute atomic E-state index is 12.5. The molecule has 6 heteroatoms. The summed E-state index contributed by atoms with van der Waals surface area (Å²) in [6, 6.07) is -0.0923. The average molecular weight is 361 g/mol. The van der Waals surface area contributed by atoms with Gasteiger partial charge in [0.25, 0.3) is 5.56 Å². The van der Waals surface area contributed by atoms with Gasteiger partial charge in [0.2, 0.25) is 0 Å². The van der Waals surface area contributed by atoms with Gasteiger partial charge in [-0.1, -0.05) is 51.9 Å². The number of imidazole rings is 1. The molecule has 0 aliphatic heterocycles. The van der Waals surface area contributed by atoms with Crippen molar-refractivity contribution in [2.24, 2.45) is 0 Å². The number of nitrogens with zero attached hydrogens (tertiary/aromatic N) is 3. The van der Waals surface area contributed by atoms with E-state index in [1.807, 2.05) is 11.5 Å². The van der Waals surface area contributed by atoms with Crippen molar-refractivity contribution in [3.63, 3.8) is 0 Å². The van der Waals surface area contributed by atoms with Gasteiger partial charge in [0.05, 0.1) is 18.5 Å². The number of H-pyrrole nitrogens is 1. The lowest BCUT2D eigenvalue weighted by Crippen LogP contribution is -2.23. The topological polar surface area (TPSA) is 83.8 Å². The summed E-state index contributed by atoms with van der Waals surface area (Å²) in [4.78, 5) is 24.6. The molecule has 2 N–H and O–H groups in total. The van der Waals surface area contributed by atoms with Crippen molar-refractivity contribution in [1.82, 2.24) is 19.5 Å². The van der Waals surface area contributed by atoms with Crippen LogP contribution in [0.15, 0.2) is 11.1 Å². The predicted molar refractivity (Wildman–Crippen MR) is 103 cm³/mol. The van der Waals surface area contributed by atoms with Crippen molar-refractivity contribution >= 4 is 11.2 Å². The molecule has 26 heavy (non-hydrogen) atoms. The molecule has 2 atom stereocenters. The highest BCUT2D eigenvalue weighted by Gasteiger charge is 2.24. The Hall–Kier alpha value is -1.69. The second-order valence-corrected chi connectivity index (χ2v) is 7.77. The summed E-state index contributed by atoms with van der Waals surface area (Å²) in [6.07, 6.45) is 12.5. The highest BCUT2D eigenvalue weighted by atomic mass is 16.3. The molecule has 1 saturated carbocycles. The van der Waals surface area contributed by atoms with Crippen LogP contribution in [-0.4, -0.2) is 30.7 Å². The first kappa shape index (κ1) is 19.1. The number of aliphatic hydroxyl groups is 1. The van der Waals surface area contributed by atoms with Crippen LogP contribution in [0.2, 0.25) is 0 Å². The third kappa shape index (κ3) is 4.17. The van der Waals surface area contributed by atoms with E-state index in [1.54, 1.807) is 6.33 Å². The van der Waals surface area contributed by atoms with Crippen molar-refractivity contribution < 1.29 is 5.11 Å². The first-order valence-corrected chi connectivity index (χ1v) is 10.3. The number of aromatic amines is 1. The summed E-state index contributed by atoms with van der Waals surface area (Å²) in [5.74, 6) is 1.12. The van der Waals surface area contributed by atoms with Crippen LogP contribution in [0, 0.1) is 0 Å². The van der Waals surface area contributed by atoms with Gasteiger partial charge in [-0.05, 0) is 26.2 Å². The van der Waals surface area contributed by atoms with Crippen LogP contribution >= 0.6 is 0 Å². The van der Waals surface area contributed by atoms with Gasteiger partial charge < -0.3 is 14.7 Å². The zero-order valence-corrected chi connectivity index (χ0v) is 16.1. The SMILES string of the molecule is CCCCCCC(C(C)O)n1cnc2c(=O)[nH]c(C3CCCCC3)nc21. The monoisotopic (exact) mass is 360 g/mol. The van der Waals surface area contributed by atoms with Gasteiger partial charge in [0.15, 0.2) is 11.2 Å². The molecule has 0 bridgehead atoms. The predicted octanol–water partition coefficient (Wildman–Crippen LogP) is 4.06. The summed E-state index contributed by atoms with van der Waals surface area (Å²) in [5.41, 5.74) is 0.837.